The largest absolute Gasteiger partial charge is 0.378 e. The molecule has 0 aromatic heterocycles. The number of hydrogen-bond acceptors (Lipinski definition) is 3. The summed E-state index contributed by atoms with van der Waals surface area (Å²) in [6.07, 6.45) is 0.658. The summed E-state index contributed by atoms with van der Waals surface area (Å²) in [6.45, 7) is 4.63. The Hall–Kier alpha value is -1.17. The van der Waals surface area contributed by atoms with Crippen LogP contribution in [-0.2, 0) is 16.1 Å². The lowest BCUT2D eigenvalue weighted by Crippen LogP contribution is -2.50. The van der Waals surface area contributed by atoms with Crippen LogP contribution < -0.4 is 5.32 Å². The molecule has 1 N–H and O–H groups in total. The molecule has 0 radical (unpaired) electrons. The molecule has 1 amide bonds. The van der Waals surface area contributed by atoms with Gasteiger partial charge in [-0.15, -0.1) is 0 Å². The van der Waals surface area contributed by atoms with Gasteiger partial charge in [0.2, 0.25) is 5.91 Å². The molecule has 116 valence electrons. The first kappa shape index (κ1) is 16.2. The fourth-order valence-electron chi connectivity index (χ4n) is 2.31. The molecule has 1 fully saturated rings. The zero-order valence-corrected chi connectivity index (χ0v) is 12.8. The van der Waals surface area contributed by atoms with Crippen LogP contribution >= 0.6 is 11.6 Å². The number of nitrogens with zero attached hydrogens (tertiary/aromatic N) is 1. The number of hydrogen-bond donors (Lipinski definition) is 1. The molecule has 6 heteroatoms. The van der Waals surface area contributed by atoms with Crippen LogP contribution in [0.25, 0.3) is 0 Å². The molecule has 1 heterocycles. The second kappa shape index (κ2) is 7.73. The quantitative estimate of drug-likeness (QED) is 0.906. The first-order valence-corrected chi connectivity index (χ1v) is 7.53. The van der Waals surface area contributed by atoms with Crippen LogP contribution in [0.1, 0.15) is 18.9 Å². The van der Waals surface area contributed by atoms with Crippen molar-refractivity contribution in [1.82, 2.24) is 10.2 Å². The van der Waals surface area contributed by atoms with E-state index in [2.05, 4.69) is 5.32 Å². The predicted octanol–water partition coefficient (Wildman–Crippen LogP) is 2.21. The molecule has 1 saturated heterocycles. The lowest BCUT2D eigenvalue weighted by molar-refractivity contribution is -0.137. The van der Waals surface area contributed by atoms with Crippen LogP contribution in [-0.4, -0.2) is 43.2 Å². The van der Waals surface area contributed by atoms with Gasteiger partial charge in [-0.2, -0.15) is 0 Å². The number of nitrogens with one attached hydrogen (secondary N) is 1. The van der Waals surface area contributed by atoms with Gasteiger partial charge in [0.05, 0.1) is 19.3 Å². The minimum atomic E-state index is -0.358. The van der Waals surface area contributed by atoms with Crippen LogP contribution in [0.2, 0.25) is 5.02 Å². The predicted molar refractivity (Wildman–Crippen MR) is 79.7 cm³/mol. The fourth-order valence-corrected chi connectivity index (χ4v) is 2.47. The molecule has 0 aliphatic carbocycles. The summed E-state index contributed by atoms with van der Waals surface area (Å²) in [5.74, 6) is -0.307. The molecule has 1 aliphatic rings. The second-order valence-corrected chi connectivity index (χ2v) is 5.45. The van der Waals surface area contributed by atoms with Gasteiger partial charge in [0.1, 0.15) is 5.82 Å². The van der Waals surface area contributed by atoms with Crippen LogP contribution in [0.3, 0.4) is 0 Å². The Morgan fingerprint density at radius 1 is 1.48 bits per heavy atom. The average Bonchev–Trinajstić information content (AvgIpc) is 2.50. The summed E-state index contributed by atoms with van der Waals surface area (Å²) in [7, 11) is 0. The summed E-state index contributed by atoms with van der Waals surface area (Å²) in [5, 5.41) is 3.50. The van der Waals surface area contributed by atoms with Crippen molar-refractivity contribution in [2.45, 2.75) is 25.9 Å². The average molecular weight is 315 g/mol. The molecule has 0 spiro atoms. The number of benzene rings is 1. The van der Waals surface area contributed by atoms with E-state index in [-0.39, 0.29) is 17.8 Å². The van der Waals surface area contributed by atoms with Crippen LogP contribution in [0.15, 0.2) is 18.2 Å². The van der Waals surface area contributed by atoms with Crippen molar-refractivity contribution in [2.75, 3.05) is 26.3 Å². The molecule has 1 aromatic carbocycles. The lowest BCUT2D eigenvalue weighted by Gasteiger charge is -2.30. The zero-order chi connectivity index (χ0) is 15.2. The Bertz CT molecular complexity index is 493. The van der Waals surface area contributed by atoms with Crippen molar-refractivity contribution in [3.05, 3.63) is 34.6 Å². The van der Waals surface area contributed by atoms with Crippen LogP contribution in [0.4, 0.5) is 4.39 Å². The van der Waals surface area contributed by atoms with E-state index in [9.17, 15) is 9.18 Å². The van der Waals surface area contributed by atoms with Crippen molar-refractivity contribution >= 4 is 17.5 Å². The van der Waals surface area contributed by atoms with E-state index in [4.69, 9.17) is 16.3 Å². The summed E-state index contributed by atoms with van der Waals surface area (Å²) in [6, 6.07) is 4.25. The monoisotopic (exact) mass is 314 g/mol. The van der Waals surface area contributed by atoms with E-state index in [1.165, 1.54) is 6.07 Å². The smallest absolute Gasteiger partial charge is 0.239 e. The molecular weight excluding hydrogens is 295 g/mol. The number of rotatable bonds is 5. The molecule has 21 heavy (non-hydrogen) atoms. The van der Waals surface area contributed by atoms with Crippen molar-refractivity contribution in [2.24, 2.45) is 0 Å². The van der Waals surface area contributed by atoms with Gasteiger partial charge in [-0.3, -0.25) is 4.79 Å². The number of carbonyl (C=O) groups is 1. The van der Waals surface area contributed by atoms with Gasteiger partial charge in [-0.05, 0) is 18.6 Å². The molecule has 0 bridgehead atoms. The molecule has 1 aliphatic heterocycles. The number of halogens is 2. The van der Waals surface area contributed by atoms with Gasteiger partial charge in [-0.25, -0.2) is 4.39 Å². The second-order valence-electron chi connectivity index (χ2n) is 5.02. The van der Waals surface area contributed by atoms with Crippen molar-refractivity contribution < 1.29 is 13.9 Å². The standard InChI is InChI=1S/C15H20ClFN2O2/c1-2-14(15(20)19-5-7-21-8-6-19)18-10-11-3-4-12(16)9-13(11)17/h3-4,9,14,18H,2,5-8,10H2,1H3. The normalized spacial score (nSPS) is 16.8. The highest BCUT2D eigenvalue weighted by Crippen LogP contribution is 2.15. The first-order chi connectivity index (χ1) is 10.1. The first-order valence-electron chi connectivity index (χ1n) is 7.15. The zero-order valence-electron chi connectivity index (χ0n) is 12.1. The van der Waals surface area contributed by atoms with Crippen molar-refractivity contribution in [3.8, 4) is 0 Å². The topological polar surface area (TPSA) is 41.6 Å². The van der Waals surface area contributed by atoms with E-state index in [0.29, 0.717) is 49.9 Å². The third-order valence-electron chi connectivity index (χ3n) is 3.58. The SMILES string of the molecule is CCC(NCc1ccc(Cl)cc1F)C(=O)N1CCOCC1. The molecule has 1 atom stereocenters. The van der Waals surface area contributed by atoms with Gasteiger partial charge in [0.25, 0.3) is 0 Å². The Morgan fingerprint density at radius 3 is 2.81 bits per heavy atom. The maximum Gasteiger partial charge on any atom is 0.239 e. The Labute approximate surface area is 129 Å². The highest BCUT2D eigenvalue weighted by molar-refractivity contribution is 6.30. The Kier molecular flexibility index (Phi) is 5.96. The number of carbonyl (C=O) groups excluding carboxylic acids is 1. The summed E-state index contributed by atoms with van der Waals surface area (Å²) >= 11 is 5.73. The molecule has 0 saturated carbocycles. The Morgan fingerprint density at radius 2 is 2.19 bits per heavy atom. The lowest BCUT2D eigenvalue weighted by atomic mass is 10.1. The maximum atomic E-state index is 13.7. The number of ether oxygens (including phenoxy) is 1. The van der Waals surface area contributed by atoms with E-state index < -0.39 is 0 Å². The van der Waals surface area contributed by atoms with Gasteiger partial charge in [0, 0.05) is 30.2 Å². The van der Waals surface area contributed by atoms with E-state index in [0.717, 1.165) is 0 Å². The molecule has 2 rings (SSSR count). The molecule has 4 nitrogen and oxygen atoms in total. The maximum absolute atomic E-state index is 13.7. The number of amides is 1. The van der Waals surface area contributed by atoms with Crippen LogP contribution in [0, 0.1) is 5.82 Å². The number of morpholine rings is 1. The van der Waals surface area contributed by atoms with E-state index in [1.54, 1.807) is 17.0 Å². The molecule has 1 aromatic rings. The van der Waals surface area contributed by atoms with Crippen LogP contribution in [0.5, 0.6) is 0 Å². The minimum absolute atomic E-state index is 0.0511. The summed E-state index contributed by atoms with van der Waals surface area (Å²) in [4.78, 5) is 14.2. The fraction of sp³-hybridized carbons (Fsp3) is 0.533. The highest BCUT2D eigenvalue weighted by atomic mass is 35.5. The Balaban J connectivity index is 1.93. The molecular formula is C15H20ClFN2O2. The third kappa shape index (κ3) is 4.40. The molecule has 1 unspecified atom stereocenters. The van der Waals surface area contributed by atoms with Crippen molar-refractivity contribution in [3.63, 3.8) is 0 Å². The van der Waals surface area contributed by atoms with Gasteiger partial charge < -0.3 is 15.0 Å². The summed E-state index contributed by atoms with van der Waals surface area (Å²) < 4.78 is 19.0. The van der Waals surface area contributed by atoms with Gasteiger partial charge in [0.15, 0.2) is 0 Å². The van der Waals surface area contributed by atoms with Gasteiger partial charge in [-0.1, -0.05) is 24.6 Å². The minimum Gasteiger partial charge on any atom is -0.378 e. The van der Waals surface area contributed by atoms with Crippen molar-refractivity contribution in [1.29, 1.82) is 0 Å². The highest BCUT2D eigenvalue weighted by Gasteiger charge is 2.24. The van der Waals surface area contributed by atoms with E-state index >= 15 is 0 Å². The third-order valence-corrected chi connectivity index (χ3v) is 3.82. The van der Waals surface area contributed by atoms with E-state index in [1.807, 2.05) is 6.92 Å². The summed E-state index contributed by atoms with van der Waals surface area (Å²) in [5.41, 5.74) is 0.507. The van der Waals surface area contributed by atoms with Gasteiger partial charge >= 0.3 is 0 Å².